The number of thioether (sulfide) groups is 1. The number of para-hydroxylation sites is 2. The van der Waals surface area contributed by atoms with E-state index < -0.39 is 0 Å². The number of aryl methyl sites for hydroxylation is 2. The van der Waals surface area contributed by atoms with Crippen LogP contribution in [0, 0.1) is 13.8 Å². The Kier molecular flexibility index (Phi) is 6.10. The molecule has 0 saturated carbocycles. The average molecular weight is 427 g/mol. The number of rotatable bonds is 4. The molecule has 31 heavy (non-hydrogen) atoms. The number of carbonyl (C=O) groups is 1. The van der Waals surface area contributed by atoms with Gasteiger partial charge in [-0.05, 0) is 72.0 Å². The molecule has 1 amide bonds. The maximum Gasteiger partial charge on any atom is 0.271 e. The smallest absolute Gasteiger partial charge is 0.268 e. The minimum Gasteiger partial charge on any atom is -0.268 e. The molecule has 1 saturated heterocycles. The van der Waals surface area contributed by atoms with Crippen LogP contribution in [0.2, 0.25) is 0 Å². The van der Waals surface area contributed by atoms with Gasteiger partial charge < -0.3 is 0 Å². The Morgan fingerprint density at radius 1 is 0.871 bits per heavy atom. The van der Waals surface area contributed by atoms with E-state index in [1.807, 2.05) is 68.5 Å². The van der Waals surface area contributed by atoms with Gasteiger partial charge in [0.25, 0.3) is 5.91 Å². The molecule has 0 aliphatic carbocycles. The minimum absolute atomic E-state index is 0.0421. The van der Waals surface area contributed by atoms with Crippen LogP contribution < -0.4 is 4.90 Å². The normalized spacial score (nSPS) is 16.7. The third kappa shape index (κ3) is 4.49. The highest BCUT2D eigenvalue weighted by Crippen LogP contribution is 2.38. The van der Waals surface area contributed by atoms with Gasteiger partial charge in [-0.2, -0.15) is 0 Å². The average Bonchev–Trinajstić information content (AvgIpc) is 3.05. The maximum absolute atomic E-state index is 13.5. The first-order chi connectivity index (χ1) is 14.9. The molecule has 4 rings (SSSR count). The molecule has 0 radical (unpaired) electrons. The van der Waals surface area contributed by atoms with Crippen molar-refractivity contribution in [1.29, 1.82) is 0 Å². The van der Waals surface area contributed by atoms with Crippen LogP contribution in [0.25, 0.3) is 6.08 Å². The van der Waals surface area contributed by atoms with E-state index in [1.165, 1.54) is 17.3 Å². The topological polar surface area (TPSA) is 32.7 Å². The van der Waals surface area contributed by atoms with Gasteiger partial charge in [-0.3, -0.25) is 9.69 Å². The molecule has 0 N–H and O–H groups in total. The largest absolute Gasteiger partial charge is 0.271 e. The van der Waals surface area contributed by atoms with Gasteiger partial charge in [0.1, 0.15) is 0 Å². The van der Waals surface area contributed by atoms with E-state index in [9.17, 15) is 4.79 Å². The molecule has 3 aromatic carbocycles. The molecule has 0 spiro atoms. The summed E-state index contributed by atoms with van der Waals surface area (Å²) in [5, 5.41) is 0.679. The first-order valence-corrected chi connectivity index (χ1v) is 11.3. The van der Waals surface area contributed by atoms with Gasteiger partial charge in [-0.15, -0.1) is 0 Å². The predicted octanol–water partition coefficient (Wildman–Crippen LogP) is 7.24. The number of carbonyl (C=O) groups excluding carboxylic acids is 1. The summed E-state index contributed by atoms with van der Waals surface area (Å²) in [6.45, 7) is 8.41. The molecular formula is C27H26N2OS. The van der Waals surface area contributed by atoms with Crippen LogP contribution in [-0.2, 0) is 4.79 Å². The zero-order valence-corrected chi connectivity index (χ0v) is 19.1. The SMILES string of the molecule is Cc1ccccc1N=C1SC(=Cc2ccc(C(C)C)cc2)C(=O)N1c1ccccc1C. The molecule has 1 aliphatic heterocycles. The first-order valence-electron chi connectivity index (χ1n) is 10.5. The zero-order chi connectivity index (χ0) is 22.0. The van der Waals surface area contributed by atoms with Crippen LogP contribution in [-0.4, -0.2) is 11.1 Å². The third-order valence-electron chi connectivity index (χ3n) is 5.40. The van der Waals surface area contributed by atoms with Gasteiger partial charge >= 0.3 is 0 Å². The van der Waals surface area contributed by atoms with E-state index in [0.717, 1.165) is 28.1 Å². The maximum atomic E-state index is 13.5. The molecule has 0 unspecified atom stereocenters. The summed E-state index contributed by atoms with van der Waals surface area (Å²) in [7, 11) is 0. The van der Waals surface area contributed by atoms with Crippen LogP contribution in [0.5, 0.6) is 0 Å². The quantitative estimate of drug-likeness (QED) is 0.412. The fourth-order valence-electron chi connectivity index (χ4n) is 3.50. The third-order valence-corrected chi connectivity index (χ3v) is 6.36. The van der Waals surface area contributed by atoms with Crippen molar-refractivity contribution < 1.29 is 4.79 Å². The summed E-state index contributed by atoms with van der Waals surface area (Å²) in [6, 6.07) is 24.3. The van der Waals surface area contributed by atoms with E-state index in [0.29, 0.717) is 16.0 Å². The van der Waals surface area contributed by atoms with Crippen molar-refractivity contribution in [2.45, 2.75) is 33.6 Å². The lowest BCUT2D eigenvalue weighted by molar-refractivity contribution is -0.113. The monoisotopic (exact) mass is 426 g/mol. The lowest BCUT2D eigenvalue weighted by Gasteiger charge is -2.18. The molecule has 156 valence electrons. The fourth-order valence-corrected chi connectivity index (χ4v) is 4.48. The highest BCUT2D eigenvalue weighted by Gasteiger charge is 2.35. The second-order valence-electron chi connectivity index (χ2n) is 8.04. The Balaban J connectivity index is 1.77. The van der Waals surface area contributed by atoms with Gasteiger partial charge in [-0.1, -0.05) is 74.5 Å². The van der Waals surface area contributed by atoms with Crippen molar-refractivity contribution in [3.8, 4) is 0 Å². The second-order valence-corrected chi connectivity index (χ2v) is 9.05. The fraction of sp³-hybridized carbons (Fsp3) is 0.185. The van der Waals surface area contributed by atoms with Crippen molar-refractivity contribution in [3.05, 3.63) is 100.0 Å². The van der Waals surface area contributed by atoms with Gasteiger partial charge in [0, 0.05) is 0 Å². The molecule has 1 aliphatic rings. The molecule has 3 nitrogen and oxygen atoms in total. The minimum atomic E-state index is -0.0421. The zero-order valence-electron chi connectivity index (χ0n) is 18.3. The summed E-state index contributed by atoms with van der Waals surface area (Å²) in [5.74, 6) is 0.438. The van der Waals surface area contributed by atoms with E-state index in [4.69, 9.17) is 4.99 Å². The molecule has 1 fully saturated rings. The van der Waals surface area contributed by atoms with Crippen LogP contribution in [0.4, 0.5) is 11.4 Å². The van der Waals surface area contributed by atoms with Crippen molar-refractivity contribution in [3.63, 3.8) is 0 Å². The molecule has 4 heteroatoms. The number of amides is 1. The Morgan fingerprint density at radius 3 is 2.16 bits per heavy atom. The Morgan fingerprint density at radius 2 is 1.52 bits per heavy atom. The molecule has 0 bridgehead atoms. The van der Waals surface area contributed by atoms with E-state index in [-0.39, 0.29) is 5.91 Å². The summed E-state index contributed by atoms with van der Waals surface area (Å²) in [4.78, 5) is 20.8. The summed E-state index contributed by atoms with van der Waals surface area (Å²) in [6.07, 6.45) is 1.96. The molecule has 0 aromatic heterocycles. The van der Waals surface area contributed by atoms with Gasteiger partial charge in [0.05, 0.1) is 16.3 Å². The number of benzene rings is 3. The van der Waals surface area contributed by atoms with Crippen LogP contribution >= 0.6 is 11.8 Å². The number of amidine groups is 1. The van der Waals surface area contributed by atoms with E-state index in [2.05, 4.69) is 38.1 Å². The summed E-state index contributed by atoms with van der Waals surface area (Å²) >= 11 is 1.43. The molecule has 1 heterocycles. The van der Waals surface area contributed by atoms with Crippen LogP contribution in [0.1, 0.15) is 42.0 Å². The molecule has 3 aromatic rings. The van der Waals surface area contributed by atoms with Crippen molar-refractivity contribution in [2.24, 2.45) is 4.99 Å². The first kappa shape index (κ1) is 21.1. The van der Waals surface area contributed by atoms with Crippen molar-refractivity contribution in [1.82, 2.24) is 0 Å². The van der Waals surface area contributed by atoms with Gasteiger partial charge in [-0.25, -0.2) is 4.99 Å². The second kappa shape index (κ2) is 8.94. The Labute approximate surface area is 188 Å². The standard InChI is InChI=1S/C27H26N2OS/c1-18(2)22-15-13-21(14-16-22)17-25-26(30)29(24-12-8-6-10-20(24)4)27(31-25)28-23-11-7-5-9-19(23)3/h5-18H,1-4H3. The number of nitrogens with zero attached hydrogens (tertiary/aromatic N) is 2. The van der Waals surface area contributed by atoms with E-state index >= 15 is 0 Å². The molecule has 0 atom stereocenters. The Hall–Kier alpha value is -3.11. The van der Waals surface area contributed by atoms with Gasteiger partial charge in [0.15, 0.2) is 5.17 Å². The van der Waals surface area contributed by atoms with E-state index in [1.54, 1.807) is 4.90 Å². The summed E-state index contributed by atoms with van der Waals surface area (Å²) < 4.78 is 0. The van der Waals surface area contributed by atoms with Crippen LogP contribution in [0.15, 0.2) is 82.7 Å². The number of anilines is 1. The molecular weight excluding hydrogens is 400 g/mol. The van der Waals surface area contributed by atoms with Crippen LogP contribution in [0.3, 0.4) is 0 Å². The highest BCUT2D eigenvalue weighted by molar-refractivity contribution is 8.19. The lowest BCUT2D eigenvalue weighted by Crippen LogP contribution is -2.29. The summed E-state index contributed by atoms with van der Waals surface area (Å²) in [5.41, 5.74) is 6.16. The lowest BCUT2D eigenvalue weighted by atomic mass is 10.0. The Bertz CT molecular complexity index is 1180. The number of hydrogen-bond donors (Lipinski definition) is 0. The van der Waals surface area contributed by atoms with Crippen molar-refractivity contribution in [2.75, 3.05) is 4.90 Å². The van der Waals surface area contributed by atoms with Gasteiger partial charge in [0.2, 0.25) is 0 Å². The highest BCUT2D eigenvalue weighted by atomic mass is 32.2. The predicted molar refractivity (Wildman–Crippen MR) is 133 cm³/mol. The van der Waals surface area contributed by atoms with Crippen molar-refractivity contribution >= 4 is 40.3 Å². The number of aliphatic imine (C=N–C) groups is 1. The number of hydrogen-bond acceptors (Lipinski definition) is 3.